The molecule has 0 atom stereocenters. The zero-order chi connectivity index (χ0) is 18.9. The summed E-state index contributed by atoms with van der Waals surface area (Å²) in [5.74, 6) is -0.398. The van der Waals surface area contributed by atoms with E-state index in [1.807, 2.05) is 0 Å². The Hall–Kier alpha value is -3.12. The number of hydrogen-bond donors (Lipinski definition) is 2. The number of rotatable bonds is 6. The first-order valence-corrected chi connectivity index (χ1v) is 9.73. The molecule has 1 aromatic heterocycles. The first kappa shape index (κ1) is 17.7. The van der Waals surface area contributed by atoms with Crippen molar-refractivity contribution >= 4 is 32.9 Å². The van der Waals surface area contributed by atoms with E-state index >= 15 is 0 Å². The summed E-state index contributed by atoms with van der Waals surface area (Å²) in [6.45, 7) is 0. The van der Waals surface area contributed by atoms with Crippen molar-refractivity contribution in [1.82, 2.24) is 9.78 Å². The van der Waals surface area contributed by atoms with E-state index in [1.165, 1.54) is 23.0 Å². The third-order valence-electron chi connectivity index (χ3n) is 3.96. The van der Waals surface area contributed by atoms with Crippen LogP contribution in [-0.2, 0) is 9.84 Å². The Morgan fingerprint density at radius 2 is 2.00 bits per heavy atom. The van der Waals surface area contributed by atoms with Gasteiger partial charge in [0.15, 0.2) is 15.7 Å². The number of amides is 1. The van der Waals surface area contributed by atoms with E-state index < -0.39 is 15.7 Å². The van der Waals surface area contributed by atoms with Gasteiger partial charge in [0.2, 0.25) is 0 Å². The quantitative estimate of drug-likeness (QED) is 0.799. The van der Waals surface area contributed by atoms with Crippen LogP contribution in [0, 0.1) is 11.3 Å². The van der Waals surface area contributed by atoms with Crippen LogP contribution >= 0.6 is 0 Å². The third-order valence-corrected chi connectivity index (χ3v) is 5.08. The number of nitrogens with zero attached hydrogens (tertiary/aromatic N) is 3. The van der Waals surface area contributed by atoms with Crippen LogP contribution in [0.25, 0.3) is 5.70 Å². The lowest BCUT2D eigenvalue weighted by molar-refractivity contribution is 0.100. The zero-order valence-electron chi connectivity index (χ0n) is 14.1. The standard InChI is InChI=1S/C17H17N5O3S/c1-26(24,25)13-6-4-12(5-7-13)20-17-14(16(19)23)10-22(21-17)15(8-9-18)11-2-3-11/h4-7,10H,2-3,8H2,1H3,(H2,19,23)(H,20,21). The molecule has 1 saturated carbocycles. The number of nitrogens with one attached hydrogen (secondary N) is 1. The Balaban J connectivity index is 1.94. The molecule has 9 heteroatoms. The van der Waals surface area contributed by atoms with Gasteiger partial charge in [0.1, 0.15) is 5.56 Å². The fraction of sp³-hybridized carbons (Fsp3) is 0.235. The molecule has 134 valence electrons. The van der Waals surface area contributed by atoms with Crippen LogP contribution in [-0.4, -0.2) is 30.4 Å². The molecule has 1 heterocycles. The maximum atomic E-state index is 11.7. The minimum absolute atomic E-state index is 0.189. The molecule has 1 aliphatic rings. The fourth-order valence-corrected chi connectivity index (χ4v) is 3.13. The first-order valence-electron chi connectivity index (χ1n) is 7.84. The van der Waals surface area contributed by atoms with Crippen molar-refractivity contribution in [1.29, 1.82) is 5.26 Å². The minimum atomic E-state index is -3.29. The van der Waals surface area contributed by atoms with E-state index in [-0.39, 0.29) is 22.7 Å². The highest BCUT2D eigenvalue weighted by molar-refractivity contribution is 7.90. The van der Waals surface area contributed by atoms with Crippen LogP contribution in [0.4, 0.5) is 11.5 Å². The predicted molar refractivity (Wildman–Crippen MR) is 96.3 cm³/mol. The Kier molecular flexibility index (Phi) is 4.52. The second-order valence-electron chi connectivity index (χ2n) is 6.01. The van der Waals surface area contributed by atoms with Crippen LogP contribution in [0.5, 0.6) is 0 Å². The largest absolute Gasteiger partial charge is 0.365 e. The minimum Gasteiger partial charge on any atom is -0.365 e. The average Bonchev–Trinajstić information content (AvgIpc) is 3.32. The number of benzene rings is 1. The molecule has 0 aliphatic heterocycles. The van der Waals surface area contributed by atoms with Crippen molar-refractivity contribution in [3.63, 3.8) is 0 Å². The van der Waals surface area contributed by atoms with Crippen molar-refractivity contribution < 1.29 is 13.2 Å². The van der Waals surface area contributed by atoms with Crippen molar-refractivity contribution in [3.05, 3.63) is 41.6 Å². The van der Waals surface area contributed by atoms with E-state index in [0.717, 1.165) is 30.4 Å². The van der Waals surface area contributed by atoms with Gasteiger partial charge < -0.3 is 11.1 Å². The molecular formula is C17H17N5O3S. The number of sulfone groups is 1. The third kappa shape index (κ3) is 3.75. The first-order chi connectivity index (χ1) is 12.3. The maximum Gasteiger partial charge on any atom is 0.254 e. The fourth-order valence-electron chi connectivity index (χ4n) is 2.50. The van der Waals surface area contributed by atoms with Crippen molar-refractivity contribution in [2.45, 2.75) is 24.2 Å². The molecule has 1 fully saturated rings. The molecule has 8 nitrogen and oxygen atoms in total. The molecule has 26 heavy (non-hydrogen) atoms. The van der Waals surface area contributed by atoms with Crippen LogP contribution in [0.15, 0.2) is 40.9 Å². The lowest BCUT2D eigenvalue weighted by atomic mass is 10.2. The van der Waals surface area contributed by atoms with Gasteiger partial charge in [-0.05, 0) is 42.7 Å². The summed E-state index contributed by atoms with van der Waals surface area (Å²) in [5.41, 5.74) is 8.08. The molecule has 1 aromatic carbocycles. The molecule has 2 aromatic rings. The number of anilines is 2. The normalized spacial score (nSPS) is 13.2. The molecule has 0 saturated heterocycles. The van der Waals surface area contributed by atoms with E-state index in [1.54, 1.807) is 12.1 Å². The van der Waals surface area contributed by atoms with E-state index in [2.05, 4.69) is 16.5 Å². The molecule has 1 amide bonds. The van der Waals surface area contributed by atoms with Gasteiger partial charge >= 0.3 is 0 Å². The molecule has 1 aliphatic carbocycles. The summed E-state index contributed by atoms with van der Waals surface area (Å²) in [7, 11) is -3.29. The van der Waals surface area contributed by atoms with Crippen LogP contribution < -0.4 is 11.1 Å². The van der Waals surface area contributed by atoms with Gasteiger partial charge in [-0.3, -0.25) is 4.79 Å². The van der Waals surface area contributed by atoms with E-state index in [9.17, 15) is 13.2 Å². The number of aromatic nitrogens is 2. The lowest BCUT2D eigenvalue weighted by Crippen LogP contribution is -2.12. The predicted octanol–water partition coefficient (Wildman–Crippen LogP) is 2.05. The summed E-state index contributed by atoms with van der Waals surface area (Å²) >= 11 is 0. The lowest BCUT2D eigenvalue weighted by Gasteiger charge is -2.06. The average molecular weight is 371 g/mol. The SMILES string of the molecule is CS(=O)(=O)c1ccc(Nc2nn(C(CC#N)=C3CC3)cc2C(N)=O)cc1. The summed E-state index contributed by atoms with van der Waals surface area (Å²) in [5, 5.41) is 16.3. The van der Waals surface area contributed by atoms with Gasteiger partial charge in [-0.1, -0.05) is 0 Å². The number of allylic oxidation sites excluding steroid dienone is 2. The maximum absolute atomic E-state index is 11.7. The Morgan fingerprint density at radius 1 is 1.35 bits per heavy atom. The second kappa shape index (κ2) is 6.65. The number of carbonyl (C=O) groups excluding carboxylic acids is 1. The Labute approximate surface area is 150 Å². The number of nitriles is 1. The molecular weight excluding hydrogens is 354 g/mol. The summed E-state index contributed by atoms with van der Waals surface area (Å²) in [4.78, 5) is 11.9. The van der Waals surface area contributed by atoms with Crippen molar-refractivity contribution in [3.8, 4) is 6.07 Å². The molecule has 0 radical (unpaired) electrons. The van der Waals surface area contributed by atoms with Crippen LogP contribution in [0.2, 0.25) is 0 Å². The molecule has 0 spiro atoms. The van der Waals surface area contributed by atoms with Gasteiger partial charge in [0, 0.05) is 18.1 Å². The molecule has 0 unspecified atom stereocenters. The Morgan fingerprint density at radius 3 is 2.50 bits per heavy atom. The molecule has 3 N–H and O–H groups in total. The van der Waals surface area contributed by atoms with Gasteiger partial charge in [0.05, 0.1) is 23.1 Å². The van der Waals surface area contributed by atoms with Crippen molar-refractivity contribution in [2.75, 3.05) is 11.6 Å². The van der Waals surface area contributed by atoms with Gasteiger partial charge in [-0.25, -0.2) is 13.1 Å². The Bertz CT molecular complexity index is 1040. The van der Waals surface area contributed by atoms with Crippen molar-refractivity contribution in [2.24, 2.45) is 5.73 Å². The topological polar surface area (TPSA) is 131 Å². The summed E-state index contributed by atoms with van der Waals surface area (Å²) < 4.78 is 24.6. The van der Waals surface area contributed by atoms with E-state index in [0.29, 0.717) is 5.69 Å². The monoisotopic (exact) mass is 371 g/mol. The zero-order valence-corrected chi connectivity index (χ0v) is 14.9. The van der Waals surface area contributed by atoms with E-state index in [4.69, 9.17) is 11.0 Å². The number of primary amides is 1. The van der Waals surface area contributed by atoms with Gasteiger partial charge in [-0.15, -0.1) is 5.10 Å². The highest BCUT2D eigenvalue weighted by Crippen LogP contribution is 2.35. The molecule has 0 bridgehead atoms. The van der Waals surface area contributed by atoms with Crippen LogP contribution in [0.1, 0.15) is 29.6 Å². The highest BCUT2D eigenvalue weighted by atomic mass is 32.2. The number of hydrogen-bond acceptors (Lipinski definition) is 6. The summed E-state index contributed by atoms with van der Waals surface area (Å²) in [6.07, 6.45) is 4.66. The van der Waals surface area contributed by atoms with Gasteiger partial charge in [-0.2, -0.15) is 5.26 Å². The number of nitrogens with two attached hydrogens (primary N) is 1. The second-order valence-corrected chi connectivity index (χ2v) is 8.02. The number of carbonyl (C=O) groups is 1. The highest BCUT2D eigenvalue weighted by Gasteiger charge is 2.22. The van der Waals surface area contributed by atoms with Crippen LogP contribution in [0.3, 0.4) is 0 Å². The molecule has 3 rings (SSSR count). The van der Waals surface area contributed by atoms with Gasteiger partial charge in [0.25, 0.3) is 5.91 Å². The smallest absolute Gasteiger partial charge is 0.254 e. The summed E-state index contributed by atoms with van der Waals surface area (Å²) in [6, 6.07) is 8.19.